The predicted octanol–water partition coefficient (Wildman–Crippen LogP) is 4.16. The number of terminal acetylenes is 1. The van der Waals surface area contributed by atoms with Crippen molar-refractivity contribution in [3.63, 3.8) is 0 Å². The maximum Gasteiger partial charge on any atom is 0.279 e. The Bertz CT molecular complexity index is 1170. The van der Waals surface area contributed by atoms with Crippen molar-refractivity contribution >= 4 is 50.7 Å². The van der Waals surface area contributed by atoms with E-state index in [1.54, 1.807) is 34.9 Å². The van der Waals surface area contributed by atoms with Gasteiger partial charge in [0.1, 0.15) is 13.2 Å². The van der Waals surface area contributed by atoms with Crippen molar-refractivity contribution in [2.75, 3.05) is 13.2 Å². The average molecular weight is 419 g/mol. The van der Waals surface area contributed by atoms with E-state index in [9.17, 15) is 4.79 Å². The molecule has 5 nitrogen and oxygen atoms in total. The number of fused-ring (bicyclic) bond motifs is 2. The molecule has 1 aliphatic heterocycles. The first-order valence-corrected chi connectivity index (χ1v) is 9.54. The summed E-state index contributed by atoms with van der Waals surface area (Å²) in [6.07, 6.45) is 5.49. The van der Waals surface area contributed by atoms with E-state index in [-0.39, 0.29) is 6.54 Å². The van der Waals surface area contributed by atoms with Gasteiger partial charge in [-0.15, -0.1) is 6.42 Å². The molecule has 0 N–H and O–H groups in total. The molecule has 1 amide bonds. The number of benzene rings is 2. The molecule has 3 aromatic rings. The molecule has 0 saturated heterocycles. The van der Waals surface area contributed by atoms with E-state index in [1.165, 1.54) is 11.3 Å². The Labute approximate surface area is 168 Å². The van der Waals surface area contributed by atoms with Gasteiger partial charge in [0.2, 0.25) is 0 Å². The van der Waals surface area contributed by atoms with Crippen LogP contribution in [0.5, 0.6) is 11.5 Å². The van der Waals surface area contributed by atoms with Crippen LogP contribution in [0.15, 0.2) is 35.3 Å². The molecule has 136 valence electrons. The maximum atomic E-state index is 12.7. The molecule has 0 saturated carbocycles. The van der Waals surface area contributed by atoms with Crippen LogP contribution in [0.2, 0.25) is 10.0 Å². The standard InChI is InChI=1S/C19H12Cl2N2O3S/c1-2-5-23-17-13(21)9-12(20)10-16(17)27-19(23)22-18(24)11-3-4-14-15(8-11)26-7-6-25-14/h1,3-4,8-10H,5-7H2. The van der Waals surface area contributed by atoms with Gasteiger partial charge in [0.25, 0.3) is 5.91 Å². The fraction of sp³-hybridized carbons (Fsp3) is 0.158. The number of carbonyl (C=O) groups excluding carboxylic acids is 1. The number of amides is 1. The van der Waals surface area contributed by atoms with E-state index in [1.807, 2.05) is 0 Å². The molecule has 1 aliphatic rings. The molecule has 4 rings (SSSR count). The zero-order valence-electron chi connectivity index (χ0n) is 13.9. The van der Waals surface area contributed by atoms with Gasteiger partial charge in [-0.1, -0.05) is 40.5 Å². The number of rotatable bonds is 2. The largest absolute Gasteiger partial charge is 0.486 e. The summed E-state index contributed by atoms with van der Waals surface area (Å²) >= 11 is 13.7. The minimum Gasteiger partial charge on any atom is -0.486 e. The molecule has 1 aromatic heterocycles. The second-order valence-electron chi connectivity index (χ2n) is 5.68. The van der Waals surface area contributed by atoms with Gasteiger partial charge in [-0.2, -0.15) is 4.99 Å². The molecule has 2 aromatic carbocycles. The van der Waals surface area contributed by atoms with Gasteiger partial charge in [-0.3, -0.25) is 4.79 Å². The Morgan fingerprint density at radius 3 is 2.78 bits per heavy atom. The van der Waals surface area contributed by atoms with Gasteiger partial charge in [0.15, 0.2) is 16.3 Å². The SMILES string of the molecule is C#CCn1c(=NC(=O)c2ccc3c(c2)OCCO3)sc2cc(Cl)cc(Cl)c21. The molecule has 0 unspecified atom stereocenters. The van der Waals surface area contributed by atoms with Crippen LogP contribution in [0, 0.1) is 12.3 Å². The van der Waals surface area contributed by atoms with Crippen LogP contribution in [0.25, 0.3) is 10.2 Å². The van der Waals surface area contributed by atoms with Crippen LogP contribution in [0.4, 0.5) is 0 Å². The van der Waals surface area contributed by atoms with Crippen LogP contribution < -0.4 is 14.3 Å². The van der Waals surface area contributed by atoms with Crippen molar-refractivity contribution in [3.05, 3.63) is 50.7 Å². The highest BCUT2D eigenvalue weighted by molar-refractivity contribution is 7.16. The highest BCUT2D eigenvalue weighted by Gasteiger charge is 2.16. The van der Waals surface area contributed by atoms with Gasteiger partial charge in [-0.05, 0) is 30.3 Å². The lowest BCUT2D eigenvalue weighted by molar-refractivity contribution is 0.0996. The third-order valence-electron chi connectivity index (χ3n) is 3.93. The molecule has 2 heterocycles. The summed E-state index contributed by atoms with van der Waals surface area (Å²) in [5.74, 6) is 3.30. The summed E-state index contributed by atoms with van der Waals surface area (Å²) in [5, 5.41) is 0.962. The molecule has 0 atom stereocenters. The normalized spacial score (nSPS) is 13.6. The van der Waals surface area contributed by atoms with Crippen molar-refractivity contribution in [1.82, 2.24) is 4.57 Å². The first kappa shape index (κ1) is 17.9. The van der Waals surface area contributed by atoms with Crippen LogP contribution in [-0.2, 0) is 6.54 Å². The monoisotopic (exact) mass is 418 g/mol. The summed E-state index contributed by atoms with van der Waals surface area (Å²) in [4.78, 5) is 17.4. The van der Waals surface area contributed by atoms with Gasteiger partial charge in [-0.25, -0.2) is 0 Å². The van der Waals surface area contributed by atoms with E-state index >= 15 is 0 Å². The Morgan fingerprint density at radius 1 is 1.22 bits per heavy atom. The molecule has 0 radical (unpaired) electrons. The number of thiazole rings is 1. The maximum absolute atomic E-state index is 12.7. The number of aromatic nitrogens is 1. The second kappa shape index (κ2) is 7.28. The van der Waals surface area contributed by atoms with E-state index < -0.39 is 5.91 Å². The van der Waals surface area contributed by atoms with Crippen molar-refractivity contribution in [2.24, 2.45) is 4.99 Å². The van der Waals surface area contributed by atoms with Crippen molar-refractivity contribution in [3.8, 4) is 23.8 Å². The van der Waals surface area contributed by atoms with Crippen molar-refractivity contribution in [2.45, 2.75) is 6.54 Å². The minimum atomic E-state index is -0.411. The topological polar surface area (TPSA) is 52.8 Å². The summed E-state index contributed by atoms with van der Waals surface area (Å²) < 4.78 is 13.5. The van der Waals surface area contributed by atoms with Gasteiger partial charge in [0, 0.05) is 10.6 Å². The minimum absolute atomic E-state index is 0.231. The number of hydrogen-bond donors (Lipinski definition) is 0. The molecule has 0 spiro atoms. The first-order chi connectivity index (χ1) is 13.1. The Morgan fingerprint density at radius 2 is 2.00 bits per heavy atom. The molecule has 0 fully saturated rings. The fourth-order valence-electron chi connectivity index (χ4n) is 2.78. The number of ether oxygens (including phenoxy) is 2. The predicted molar refractivity (Wildman–Crippen MR) is 106 cm³/mol. The zero-order chi connectivity index (χ0) is 19.0. The van der Waals surface area contributed by atoms with Gasteiger partial charge >= 0.3 is 0 Å². The lowest BCUT2D eigenvalue weighted by atomic mass is 10.2. The number of carbonyl (C=O) groups is 1. The molecule has 8 heteroatoms. The van der Waals surface area contributed by atoms with Crippen molar-refractivity contribution in [1.29, 1.82) is 0 Å². The smallest absolute Gasteiger partial charge is 0.279 e. The molecular weight excluding hydrogens is 407 g/mol. The van der Waals surface area contributed by atoms with Gasteiger partial charge in [0.05, 0.1) is 21.8 Å². The van der Waals surface area contributed by atoms with E-state index in [2.05, 4.69) is 10.9 Å². The second-order valence-corrected chi connectivity index (χ2v) is 7.54. The number of nitrogens with zero attached hydrogens (tertiary/aromatic N) is 2. The fourth-order valence-corrected chi connectivity index (χ4v) is 4.59. The quantitative estimate of drug-likeness (QED) is 0.587. The van der Waals surface area contributed by atoms with Crippen LogP contribution >= 0.6 is 34.5 Å². The molecule has 27 heavy (non-hydrogen) atoms. The summed E-state index contributed by atoms with van der Waals surface area (Å²) in [7, 11) is 0. The van der Waals surface area contributed by atoms with Crippen LogP contribution in [-0.4, -0.2) is 23.7 Å². The zero-order valence-corrected chi connectivity index (χ0v) is 16.2. The number of halogens is 2. The van der Waals surface area contributed by atoms with Crippen LogP contribution in [0.3, 0.4) is 0 Å². The lowest BCUT2D eigenvalue weighted by Gasteiger charge is -2.18. The third kappa shape index (κ3) is 3.42. The average Bonchev–Trinajstić information content (AvgIpc) is 2.98. The highest BCUT2D eigenvalue weighted by atomic mass is 35.5. The van der Waals surface area contributed by atoms with Crippen molar-refractivity contribution < 1.29 is 14.3 Å². The summed E-state index contributed by atoms with van der Waals surface area (Å²) in [6.45, 7) is 1.16. The first-order valence-electron chi connectivity index (χ1n) is 7.97. The Balaban J connectivity index is 1.82. The molecule has 0 aliphatic carbocycles. The van der Waals surface area contributed by atoms with E-state index in [0.717, 1.165) is 4.70 Å². The van der Waals surface area contributed by atoms with Crippen LogP contribution in [0.1, 0.15) is 10.4 Å². The van der Waals surface area contributed by atoms with Gasteiger partial charge < -0.3 is 14.0 Å². The lowest BCUT2D eigenvalue weighted by Crippen LogP contribution is -2.17. The Kier molecular flexibility index (Phi) is 4.83. The van der Waals surface area contributed by atoms with E-state index in [4.69, 9.17) is 39.1 Å². The highest BCUT2D eigenvalue weighted by Crippen LogP contribution is 2.31. The number of hydrogen-bond acceptors (Lipinski definition) is 4. The van der Waals surface area contributed by atoms with E-state index in [0.29, 0.717) is 50.6 Å². The molecule has 0 bridgehead atoms. The molecular formula is C19H12Cl2N2O3S. The third-order valence-corrected chi connectivity index (χ3v) is 5.46. The Hall–Kier alpha value is -2.46. The summed E-state index contributed by atoms with van der Waals surface area (Å²) in [6, 6.07) is 8.39. The summed E-state index contributed by atoms with van der Waals surface area (Å²) in [5.41, 5.74) is 1.10.